The molecule has 0 amide bonds. The largest absolute Gasteiger partial charge is 0.327 e. The molecule has 1 rings (SSSR count). The lowest BCUT2D eigenvalue weighted by atomic mass is 10.4. The van der Waals surface area contributed by atoms with E-state index in [1.807, 2.05) is 0 Å². The highest BCUT2D eigenvalue weighted by molar-refractivity contribution is 7.89. The summed E-state index contributed by atoms with van der Waals surface area (Å²) in [6.07, 6.45) is 2.11. The first-order valence-corrected chi connectivity index (χ1v) is 5.88. The van der Waals surface area contributed by atoms with Gasteiger partial charge in [-0.15, -0.1) is 0 Å². The molecule has 1 saturated carbocycles. The Balaban J connectivity index is 2.27. The van der Waals surface area contributed by atoms with Gasteiger partial charge in [0.25, 0.3) is 0 Å². The van der Waals surface area contributed by atoms with Crippen LogP contribution in [-0.4, -0.2) is 26.8 Å². The number of rotatable bonds is 5. The second-order valence-electron chi connectivity index (χ2n) is 3.55. The van der Waals surface area contributed by atoms with Crippen molar-refractivity contribution in [3.8, 4) is 0 Å². The van der Waals surface area contributed by atoms with Crippen LogP contribution in [0.4, 0.5) is 0 Å². The molecule has 1 fully saturated rings. The van der Waals surface area contributed by atoms with Crippen molar-refractivity contribution in [2.45, 2.75) is 25.8 Å². The van der Waals surface area contributed by atoms with Crippen molar-refractivity contribution in [3.05, 3.63) is 0 Å². The van der Waals surface area contributed by atoms with Crippen molar-refractivity contribution in [1.82, 2.24) is 4.72 Å². The van der Waals surface area contributed by atoms with Crippen molar-refractivity contribution < 1.29 is 8.42 Å². The molecular formula is C7H16N2O2S. The van der Waals surface area contributed by atoms with Crippen LogP contribution in [0, 0.1) is 5.92 Å². The van der Waals surface area contributed by atoms with Gasteiger partial charge in [-0.2, -0.15) is 0 Å². The van der Waals surface area contributed by atoms with E-state index in [-0.39, 0.29) is 11.8 Å². The Morgan fingerprint density at radius 3 is 2.58 bits per heavy atom. The lowest BCUT2D eigenvalue weighted by Gasteiger charge is -2.07. The maximum Gasteiger partial charge on any atom is 0.211 e. The van der Waals surface area contributed by atoms with Gasteiger partial charge in [0, 0.05) is 12.6 Å². The van der Waals surface area contributed by atoms with E-state index in [4.69, 9.17) is 5.73 Å². The molecule has 0 aromatic carbocycles. The highest BCUT2D eigenvalue weighted by atomic mass is 32.2. The summed E-state index contributed by atoms with van der Waals surface area (Å²) in [6, 6.07) is -0.112. The van der Waals surface area contributed by atoms with Crippen LogP contribution in [0.1, 0.15) is 19.8 Å². The molecule has 1 atom stereocenters. The summed E-state index contributed by atoms with van der Waals surface area (Å²) in [5.74, 6) is 0.676. The van der Waals surface area contributed by atoms with Crippen molar-refractivity contribution >= 4 is 10.0 Å². The Labute approximate surface area is 73.6 Å². The normalized spacial score (nSPS) is 20.8. The van der Waals surface area contributed by atoms with Crippen molar-refractivity contribution in [1.29, 1.82) is 0 Å². The number of hydrogen-bond donors (Lipinski definition) is 2. The van der Waals surface area contributed by atoms with Gasteiger partial charge in [-0.3, -0.25) is 0 Å². The Hall–Kier alpha value is -0.130. The van der Waals surface area contributed by atoms with Crippen LogP contribution in [-0.2, 0) is 10.0 Å². The van der Waals surface area contributed by atoms with E-state index in [0.717, 1.165) is 12.8 Å². The molecule has 1 unspecified atom stereocenters. The van der Waals surface area contributed by atoms with Crippen molar-refractivity contribution in [2.75, 3.05) is 12.3 Å². The average Bonchev–Trinajstić information content (AvgIpc) is 2.67. The first-order chi connectivity index (χ1) is 5.49. The zero-order valence-electron chi connectivity index (χ0n) is 7.29. The van der Waals surface area contributed by atoms with Crippen LogP contribution in [0.25, 0.3) is 0 Å². The Morgan fingerprint density at radius 1 is 1.58 bits per heavy atom. The topological polar surface area (TPSA) is 72.2 Å². The number of hydrogen-bond acceptors (Lipinski definition) is 3. The quantitative estimate of drug-likeness (QED) is 0.626. The zero-order valence-corrected chi connectivity index (χ0v) is 8.10. The first kappa shape index (κ1) is 9.95. The van der Waals surface area contributed by atoms with E-state index in [0.29, 0.717) is 12.5 Å². The molecule has 3 N–H and O–H groups in total. The predicted molar refractivity (Wildman–Crippen MR) is 48.2 cm³/mol. The van der Waals surface area contributed by atoms with Gasteiger partial charge in [-0.25, -0.2) is 13.1 Å². The molecule has 12 heavy (non-hydrogen) atoms. The van der Waals surface area contributed by atoms with E-state index >= 15 is 0 Å². The summed E-state index contributed by atoms with van der Waals surface area (Å²) in [5, 5.41) is 0. The average molecular weight is 192 g/mol. The van der Waals surface area contributed by atoms with Crippen LogP contribution in [0.3, 0.4) is 0 Å². The van der Waals surface area contributed by atoms with Gasteiger partial charge in [0.05, 0.1) is 5.75 Å². The molecule has 5 heteroatoms. The van der Waals surface area contributed by atoms with E-state index in [2.05, 4.69) is 4.72 Å². The summed E-state index contributed by atoms with van der Waals surface area (Å²) in [5.41, 5.74) is 5.42. The summed E-state index contributed by atoms with van der Waals surface area (Å²) < 4.78 is 24.9. The van der Waals surface area contributed by atoms with Gasteiger partial charge < -0.3 is 5.73 Å². The van der Waals surface area contributed by atoms with Crippen molar-refractivity contribution in [2.24, 2.45) is 11.7 Å². The van der Waals surface area contributed by atoms with Gasteiger partial charge in [-0.05, 0) is 25.7 Å². The van der Waals surface area contributed by atoms with Gasteiger partial charge in [0.2, 0.25) is 10.0 Å². The molecule has 72 valence electrons. The third kappa shape index (κ3) is 4.04. The molecule has 0 aromatic rings. The third-order valence-electron chi connectivity index (χ3n) is 1.78. The van der Waals surface area contributed by atoms with Gasteiger partial charge in [-0.1, -0.05) is 0 Å². The van der Waals surface area contributed by atoms with Crippen LogP contribution >= 0.6 is 0 Å². The molecule has 0 spiro atoms. The van der Waals surface area contributed by atoms with Crippen LogP contribution in [0.15, 0.2) is 0 Å². The molecule has 0 aromatic heterocycles. The number of nitrogens with one attached hydrogen (secondary N) is 1. The molecule has 0 aliphatic heterocycles. The smallest absolute Gasteiger partial charge is 0.211 e. The molecule has 0 bridgehead atoms. The fraction of sp³-hybridized carbons (Fsp3) is 1.00. The third-order valence-corrected chi connectivity index (χ3v) is 3.29. The minimum Gasteiger partial charge on any atom is -0.327 e. The van der Waals surface area contributed by atoms with Crippen molar-refractivity contribution in [3.63, 3.8) is 0 Å². The molecule has 0 heterocycles. The van der Waals surface area contributed by atoms with E-state index < -0.39 is 10.0 Å². The van der Waals surface area contributed by atoms with E-state index in [1.54, 1.807) is 6.92 Å². The Kier molecular flexibility index (Phi) is 3.09. The van der Waals surface area contributed by atoms with E-state index in [1.165, 1.54) is 0 Å². The lowest BCUT2D eigenvalue weighted by Crippen LogP contribution is -2.36. The number of sulfonamides is 1. The van der Waals surface area contributed by atoms with Crippen LogP contribution < -0.4 is 10.5 Å². The second-order valence-corrected chi connectivity index (χ2v) is 5.40. The minimum atomic E-state index is -3.04. The lowest BCUT2D eigenvalue weighted by molar-refractivity contribution is 0.570. The monoisotopic (exact) mass is 192 g/mol. The molecule has 0 saturated heterocycles. The van der Waals surface area contributed by atoms with Gasteiger partial charge in [0.15, 0.2) is 0 Å². The van der Waals surface area contributed by atoms with Crippen LogP contribution in [0.5, 0.6) is 0 Å². The summed E-state index contributed by atoms with van der Waals surface area (Å²) in [6.45, 7) is 2.12. The molecule has 1 aliphatic carbocycles. The summed E-state index contributed by atoms with van der Waals surface area (Å²) in [7, 11) is -3.04. The standard InChI is InChI=1S/C7H16N2O2S/c1-6(8)4-9-12(10,11)5-7-2-3-7/h6-7,9H,2-5,8H2,1H3. The Bertz CT molecular complexity index is 232. The SMILES string of the molecule is CC(N)CNS(=O)(=O)CC1CC1. The molecule has 0 radical (unpaired) electrons. The van der Waals surface area contributed by atoms with Gasteiger partial charge in [0.1, 0.15) is 0 Å². The zero-order chi connectivity index (χ0) is 9.19. The second kappa shape index (κ2) is 3.72. The first-order valence-electron chi connectivity index (χ1n) is 4.22. The minimum absolute atomic E-state index is 0.112. The van der Waals surface area contributed by atoms with E-state index in [9.17, 15) is 8.42 Å². The Morgan fingerprint density at radius 2 is 2.17 bits per heavy atom. The fourth-order valence-corrected chi connectivity index (χ4v) is 2.50. The molecular weight excluding hydrogens is 176 g/mol. The predicted octanol–water partition coefficient (Wildman–Crippen LogP) is -0.337. The number of nitrogens with two attached hydrogens (primary N) is 1. The van der Waals surface area contributed by atoms with Gasteiger partial charge >= 0.3 is 0 Å². The maximum absolute atomic E-state index is 11.2. The fourth-order valence-electron chi connectivity index (χ4n) is 0.912. The van der Waals surface area contributed by atoms with Crippen LogP contribution in [0.2, 0.25) is 0 Å². The highest BCUT2D eigenvalue weighted by Crippen LogP contribution is 2.29. The summed E-state index contributed by atoms with van der Waals surface area (Å²) in [4.78, 5) is 0. The maximum atomic E-state index is 11.2. The summed E-state index contributed by atoms with van der Waals surface area (Å²) >= 11 is 0. The highest BCUT2D eigenvalue weighted by Gasteiger charge is 2.27. The molecule has 1 aliphatic rings. The molecule has 4 nitrogen and oxygen atoms in total.